The number of carbonyl (C=O) groups excluding carboxylic acids is 1. The Balaban J connectivity index is 2.14. The molecule has 0 radical (unpaired) electrons. The van der Waals surface area contributed by atoms with E-state index in [1.165, 1.54) is 12.1 Å². The maximum atomic E-state index is 12.7. The van der Waals surface area contributed by atoms with Gasteiger partial charge in [-0.15, -0.1) is 0 Å². The molecule has 0 heterocycles. The van der Waals surface area contributed by atoms with E-state index in [1.807, 2.05) is 0 Å². The van der Waals surface area contributed by atoms with Crippen molar-refractivity contribution in [1.82, 2.24) is 0 Å². The third-order valence-corrected chi connectivity index (χ3v) is 4.47. The van der Waals surface area contributed by atoms with E-state index < -0.39 is 28.5 Å². The Morgan fingerprint density at radius 3 is 2.30 bits per heavy atom. The average Bonchev–Trinajstić information content (AvgIpc) is 2.52. The van der Waals surface area contributed by atoms with Gasteiger partial charge in [-0.05, 0) is 23.4 Å². The molecule has 0 spiro atoms. The van der Waals surface area contributed by atoms with Crippen LogP contribution in [-0.2, 0) is 11.3 Å². The summed E-state index contributed by atoms with van der Waals surface area (Å²) in [5.74, 6) is -0.708. The first-order chi connectivity index (χ1) is 10.9. The second-order valence-electron chi connectivity index (χ2n) is 4.53. The molecule has 2 aromatic carbocycles. The first-order valence-corrected chi connectivity index (χ1v) is 8.23. The Morgan fingerprint density at radius 1 is 1.09 bits per heavy atom. The molecular formula is C16H12BrF3O2S. The monoisotopic (exact) mass is 404 g/mol. The van der Waals surface area contributed by atoms with E-state index in [-0.39, 0.29) is 12.2 Å². The minimum Gasteiger partial charge on any atom is -0.354 e. The van der Waals surface area contributed by atoms with Gasteiger partial charge in [0.2, 0.25) is 5.78 Å². The lowest BCUT2D eigenvalue weighted by Crippen LogP contribution is -2.25. The lowest BCUT2D eigenvalue weighted by molar-refractivity contribution is -0.0370. The zero-order chi connectivity index (χ0) is 16.9. The summed E-state index contributed by atoms with van der Waals surface area (Å²) < 4.78 is 44.1. The molecule has 0 bridgehead atoms. The van der Waals surface area contributed by atoms with E-state index in [1.54, 1.807) is 42.5 Å². The van der Waals surface area contributed by atoms with Crippen LogP contribution in [0.1, 0.15) is 15.9 Å². The number of benzene rings is 2. The molecule has 1 atom stereocenters. The van der Waals surface area contributed by atoms with Crippen molar-refractivity contribution < 1.29 is 22.7 Å². The molecule has 2 rings (SSSR count). The summed E-state index contributed by atoms with van der Waals surface area (Å²) in [4.78, 5) is 12.3. The fraction of sp³-hybridized carbons (Fsp3) is 0.188. The van der Waals surface area contributed by atoms with Crippen molar-refractivity contribution in [3.05, 3.63) is 70.2 Å². The molecule has 0 aliphatic heterocycles. The molecule has 0 aliphatic carbocycles. The number of rotatable bonds is 6. The fourth-order valence-corrected chi connectivity index (χ4v) is 2.83. The molecule has 122 valence electrons. The lowest BCUT2D eigenvalue weighted by atomic mass is 10.1. The highest BCUT2D eigenvalue weighted by Gasteiger charge is 2.37. The van der Waals surface area contributed by atoms with Crippen LogP contribution in [-0.4, -0.2) is 16.7 Å². The summed E-state index contributed by atoms with van der Waals surface area (Å²) in [6.45, 7) is -0.103. The molecule has 7 heteroatoms. The fourth-order valence-electron chi connectivity index (χ4n) is 1.80. The highest BCUT2D eigenvalue weighted by Crippen LogP contribution is 2.36. The van der Waals surface area contributed by atoms with Crippen LogP contribution in [0.3, 0.4) is 0 Å². The van der Waals surface area contributed by atoms with E-state index in [9.17, 15) is 18.0 Å². The molecule has 2 nitrogen and oxygen atoms in total. The zero-order valence-electron chi connectivity index (χ0n) is 11.7. The van der Waals surface area contributed by atoms with Crippen molar-refractivity contribution in [2.75, 3.05) is 0 Å². The maximum Gasteiger partial charge on any atom is 0.444 e. The predicted octanol–water partition coefficient (Wildman–Crippen LogP) is 5.43. The van der Waals surface area contributed by atoms with Crippen LogP contribution in [0.25, 0.3) is 0 Å². The second kappa shape index (κ2) is 7.99. The summed E-state index contributed by atoms with van der Waals surface area (Å²) in [7, 11) is 0. The highest BCUT2D eigenvalue weighted by atomic mass is 79.9. The van der Waals surface area contributed by atoms with Gasteiger partial charge in [0.25, 0.3) is 0 Å². The first-order valence-electron chi connectivity index (χ1n) is 6.55. The Hall–Kier alpha value is -1.31. The number of halogens is 4. The molecule has 0 aliphatic rings. The summed E-state index contributed by atoms with van der Waals surface area (Å²) in [6, 6.07) is 14.8. The van der Waals surface area contributed by atoms with Gasteiger partial charge in [0.15, 0.2) is 5.44 Å². The van der Waals surface area contributed by atoms with Gasteiger partial charge in [0, 0.05) is 10.0 Å². The van der Waals surface area contributed by atoms with Gasteiger partial charge >= 0.3 is 5.51 Å². The summed E-state index contributed by atoms with van der Waals surface area (Å²) >= 11 is 2.84. The maximum absolute atomic E-state index is 12.7. The van der Waals surface area contributed by atoms with Crippen LogP contribution in [0.15, 0.2) is 59.1 Å². The highest BCUT2D eigenvalue weighted by molar-refractivity contribution is 9.10. The molecule has 0 saturated carbocycles. The van der Waals surface area contributed by atoms with E-state index >= 15 is 0 Å². The van der Waals surface area contributed by atoms with Crippen molar-refractivity contribution in [2.24, 2.45) is 0 Å². The molecule has 0 saturated heterocycles. The molecule has 2 aromatic rings. The van der Waals surface area contributed by atoms with Crippen LogP contribution >= 0.6 is 27.7 Å². The van der Waals surface area contributed by atoms with Crippen molar-refractivity contribution in [3.63, 3.8) is 0 Å². The number of thioether (sulfide) groups is 1. The van der Waals surface area contributed by atoms with Crippen LogP contribution in [0.5, 0.6) is 0 Å². The number of hydrogen-bond donors (Lipinski definition) is 0. The van der Waals surface area contributed by atoms with Gasteiger partial charge < -0.3 is 4.74 Å². The number of Topliss-reactive ketones (excluding diaryl/α,β-unsaturated/α-hetero) is 1. The number of carbonyl (C=O) groups is 1. The van der Waals surface area contributed by atoms with Gasteiger partial charge in [-0.2, -0.15) is 13.2 Å². The molecular weight excluding hydrogens is 393 g/mol. The summed E-state index contributed by atoms with van der Waals surface area (Å²) in [6.07, 6.45) is 0. The van der Waals surface area contributed by atoms with Crippen molar-refractivity contribution >= 4 is 33.5 Å². The lowest BCUT2D eigenvalue weighted by Gasteiger charge is -2.18. The van der Waals surface area contributed by atoms with Gasteiger partial charge in [-0.1, -0.05) is 64.5 Å². The van der Waals surface area contributed by atoms with Gasteiger partial charge in [0.05, 0.1) is 6.61 Å². The second-order valence-corrected chi connectivity index (χ2v) is 6.51. The number of hydrogen-bond acceptors (Lipinski definition) is 3. The van der Waals surface area contributed by atoms with Gasteiger partial charge in [-0.25, -0.2) is 0 Å². The van der Waals surface area contributed by atoms with E-state index in [0.29, 0.717) is 10.0 Å². The molecule has 0 aromatic heterocycles. The Kier molecular flexibility index (Phi) is 6.26. The SMILES string of the molecule is O=C(c1ccccc1)[C@@H](OCc1ccccc1Br)SC(F)(F)F. The molecule has 0 N–H and O–H groups in total. The van der Waals surface area contributed by atoms with E-state index in [4.69, 9.17) is 4.74 Å². The molecule has 23 heavy (non-hydrogen) atoms. The Bertz CT molecular complexity index is 662. The van der Waals surface area contributed by atoms with Crippen molar-refractivity contribution in [1.29, 1.82) is 0 Å². The number of alkyl halides is 3. The minimum absolute atomic E-state index is 0.103. The average molecular weight is 405 g/mol. The molecule has 0 unspecified atom stereocenters. The van der Waals surface area contributed by atoms with Crippen LogP contribution in [0.4, 0.5) is 13.2 Å². The first kappa shape index (κ1) is 18.0. The standard InChI is InChI=1S/C16H12BrF3O2S/c17-13-9-5-4-8-12(13)10-22-15(23-16(18,19)20)14(21)11-6-2-1-3-7-11/h1-9,15H,10H2/t15-/m0/s1. The zero-order valence-corrected chi connectivity index (χ0v) is 14.1. The Morgan fingerprint density at radius 2 is 1.70 bits per heavy atom. The van der Waals surface area contributed by atoms with Gasteiger partial charge in [0.1, 0.15) is 0 Å². The Labute approximate surface area is 144 Å². The van der Waals surface area contributed by atoms with Crippen LogP contribution in [0.2, 0.25) is 0 Å². The number of ether oxygens (including phenoxy) is 1. The predicted molar refractivity (Wildman–Crippen MR) is 87.1 cm³/mol. The largest absolute Gasteiger partial charge is 0.444 e. The molecule has 0 amide bonds. The molecule has 0 fully saturated rings. The number of ketones is 1. The van der Waals surface area contributed by atoms with Crippen LogP contribution in [0, 0.1) is 0 Å². The van der Waals surface area contributed by atoms with Gasteiger partial charge in [-0.3, -0.25) is 4.79 Å². The van der Waals surface area contributed by atoms with E-state index in [2.05, 4.69) is 15.9 Å². The summed E-state index contributed by atoms with van der Waals surface area (Å²) in [5, 5.41) is 0. The van der Waals surface area contributed by atoms with E-state index in [0.717, 1.165) is 0 Å². The topological polar surface area (TPSA) is 26.3 Å². The third kappa shape index (κ3) is 5.67. The quantitative estimate of drug-likeness (QED) is 0.474. The van der Waals surface area contributed by atoms with Crippen molar-refractivity contribution in [2.45, 2.75) is 17.6 Å². The minimum atomic E-state index is -4.57. The van der Waals surface area contributed by atoms with Crippen molar-refractivity contribution in [3.8, 4) is 0 Å². The van der Waals surface area contributed by atoms with Crippen LogP contribution < -0.4 is 0 Å². The smallest absolute Gasteiger partial charge is 0.354 e. The third-order valence-electron chi connectivity index (χ3n) is 2.86. The summed E-state index contributed by atoms with van der Waals surface area (Å²) in [5.41, 5.74) is -5.37. The normalized spacial score (nSPS) is 12.9.